The van der Waals surface area contributed by atoms with Crippen LogP contribution in [0.15, 0.2) is 69.8 Å². The van der Waals surface area contributed by atoms with Crippen molar-refractivity contribution in [3.8, 4) is 5.75 Å². The number of halogens is 2. The number of nitrogens with one attached hydrogen (secondary N) is 3. The summed E-state index contributed by atoms with van der Waals surface area (Å²) < 4.78 is 24.7. The van der Waals surface area contributed by atoms with E-state index in [1.54, 1.807) is 30.3 Å². The lowest BCUT2D eigenvalue weighted by Crippen LogP contribution is -2.36. The molecule has 4 rings (SSSR count). The molecule has 3 N–H and O–H groups in total. The predicted molar refractivity (Wildman–Crippen MR) is 129 cm³/mol. The lowest BCUT2D eigenvalue weighted by Gasteiger charge is -2.18. The summed E-state index contributed by atoms with van der Waals surface area (Å²) in [6.45, 7) is 0.177. The van der Waals surface area contributed by atoms with Crippen molar-refractivity contribution in [1.29, 1.82) is 0 Å². The second-order valence-electron chi connectivity index (χ2n) is 7.78. The molecule has 182 valence electrons. The van der Waals surface area contributed by atoms with Crippen LogP contribution in [-0.2, 0) is 20.9 Å². The van der Waals surface area contributed by atoms with Crippen molar-refractivity contribution in [3.05, 3.63) is 76.9 Å². The summed E-state index contributed by atoms with van der Waals surface area (Å²) in [6.07, 6.45) is 1.55. The van der Waals surface area contributed by atoms with Crippen molar-refractivity contribution >= 4 is 45.0 Å². The van der Waals surface area contributed by atoms with Gasteiger partial charge >= 0.3 is 0 Å². The zero-order valence-corrected chi connectivity index (χ0v) is 20.0. The maximum absolute atomic E-state index is 13.2. The van der Waals surface area contributed by atoms with Crippen LogP contribution in [0.25, 0.3) is 0 Å². The highest BCUT2D eigenvalue weighted by Crippen LogP contribution is 2.29. The number of carbonyl (C=O) groups is 3. The van der Waals surface area contributed by atoms with Gasteiger partial charge in [-0.05, 0) is 54.6 Å². The molecule has 35 heavy (non-hydrogen) atoms. The first kappa shape index (κ1) is 24.3. The monoisotopic (exact) mass is 544 g/mol. The van der Waals surface area contributed by atoms with Gasteiger partial charge in [-0.2, -0.15) is 0 Å². The van der Waals surface area contributed by atoms with Crippen molar-refractivity contribution in [2.24, 2.45) is 5.92 Å². The van der Waals surface area contributed by atoms with Crippen LogP contribution in [0.3, 0.4) is 0 Å². The Bertz CT molecular complexity index is 1200. The van der Waals surface area contributed by atoms with E-state index in [1.807, 2.05) is 0 Å². The van der Waals surface area contributed by atoms with Crippen molar-refractivity contribution in [2.45, 2.75) is 13.0 Å². The van der Waals surface area contributed by atoms with Crippen molar-refractivity contribution in [2.75, 3.05) is 23.5 Å². The molecule has 2 heterocycles. The Morgan fingerprint density at radius 3 is 2.71 bits per heavy atom. The summed E-state index contributed by atoms with van der Waals surface area (Å²) >= 11 is 3.37. The van der Waals surface area contributed by atoms with Crippen LogP contribution in [0.4, 0.5) is 15.8 Å². The SMILES string of the molecule is O=C(COc1ccc(Br)cc1NNC(=O)[C@@H]1CC(=O)N(c2ccc(F)cc2)C1)NCc1ccco1. The van der Waals surface area contributed by atoms with E-state index in [0.717, 1.165) is 4.47 Å². The number of ether oxygens (including phenoxy) is 1. The fourth-order valence-electron chi connectivity index (χ4n) is 3.50. The lowest BCUT2D eigenvalue weighted by molar-refractivity contribution is -0.126. The molecule has 1 aliphatic rings. The molecule has 3 aromatic rings. The van der Waals surface area contributed by atoms with E-state index in [9.17, 15) is 18.8 Å². The van der Waals surface area contributed by atoms with Crippen molar-refractivity contribution in [1.82, 2.24) is 10.7 Å². The minimum atomic E-state index is -0.594. The molecule has 9 nitrogen and oxygen atoms in total. The molecule has 1 fully saturated rings. The molecule has 3 amide bonds. The number of hydrogen-bond acceptors (Lipinski definition) is 6. The number of hydrogen-bond donors (Lipinski definition) is 3. The van der Waals surface area contributed by atoms with E-state index >= 15 is 0 Å². The Labute approximate surface area is 208 Å². The zero-order chi connectivity index (χ0) is 24.8. The summed E-state index contributed by atoms with van der Waals surface area (Å²) in [5, 5.41) is 2.68. The molecule has 0 saturated carbocycles. The Morgan fingerprint density at radius 2 is 1.97 bits per heavy atom. The third-order valence-corrected chi connectivity index (χ3v) is 5.79. The maximum atomic E-state index is 13.2. The van der Waals surface area contributed by atoms with E-state index in [4.69, 9.17) is 9.15 Å². The van der Waals surface area contributed by atoms with Gasteiger partial charge in [-0.3, -0.25) is 25.2 Å². The smallest absolute Gasteiger partial charge is 0.258 e. The number of carbonyl (C=O) groups excluding carboxylic acids is 3. The largest absolute Gasteiger partial charge is 0.482 e. The van der Waals surface area contributed by atoms with Gasteiger partial charge in [0.15, 0.2) is 6.61 Å². The number of furan rings is 1. The van der Waals surface area contributed by atoms with Gasteiger partial charge in [0.05, 0.1) is 24.4 Å². The average molecular weight is 545 g/mol. The minimum Gasteiger partial charge on any atom is -0.482 e. The Balaban J connectivity index is 1.31. The molecule has 1 saturated heterocycles. The van der Waals surface area contributed by atoms with Gasteiger partial charge in [-0.1, -0.05) is 15.9 Å². The summed E-state index contributed by atoms with van der Waals surface area (Å²) in [6, 6.07) is 14.1. The molecular weight excluding hydrogens is 523 g/mol. The van der Waals surface area contributed by atoms with Crippen LogP contribution < -0.4 is 25.8 Å². The van der Waals surface area contributed by atoms with Gasteiger partial charge in [0, 0.05) is 23.1 Å². The number of hydrazine groups is 1. The molecule has 0 radical (unpaired) electrons. The number of benzene rings is 2. The van der Waals surface area contributed by atoms with E-state index in [0.29, 0.717) is 22.9 Å². The summed E-state index contributed by atoms with van der Waals surface area (Å²) in [5.41, 5.74) is 6.36. The van der Waals surface area contributed by atoms with Gasteiger partial charge in [0.1, 0.15) is 17.3 Å². The number of amides is 3. The Hall–Kier alpha value is -3.86. The summed E-state index contributed by atoms with van der Waals surface area (Å²) in [4.78, 5) is 38.7. The normalized spacial score (nSPS) is 15.1. The second kappa shape index (κ2) is 11.0. The third kappa shape index (κ3) is 6.38. The zero-order valence-electron chi connectivity index (χ0n) is 18.4. The molecule has 1 aliphatic heterocycles. The second-order valence-corrected chi connectivity index (χ2v) is 8.70. The van der Waals surface area contributed by atoms with Crippen molar-refractivity contribution in [3.63, 3.8) is 0 Å². The Morgan fingerprint density at radius 1 is 1.17 bits per heavy atom. The molecule has 2 aromatic carbocycles. The first-order valence-corrected chi connectivity index (χ1v) is 11.5. The van der Waals surface area contributed by atoms with Gasteiger partial charge in [0.25, 0.3) is 5.91 Å². The fourth-order valence-corrected chi connectivity index (χ4v) is 3.86. The van der Waals surface area contributed by atoms with Gasteiger partial charge < -0.3 is 19.4 Å². The summed E-state index contributed by atoms with van der Waals surface area (Å²) in [7, 11) is 0. The number of nitrogens with zero attached hydrogens (tertiary/aromatic N) is 1. The maximum Gasteiger partial charge on any atom is 0.258 e. The first-order valence-electron chi connectivity index (χ1n) is 10.7. The van der Waals surface area contributed by atoms with E-state index < -0.39 is 11.7 Å². The van der Waals surface area contributed by atoms with Crippen molar-refractivity contribution < 1.29 is 27.9 Å². The molecular formula is C24H22BrFN4O5. The molecule has 0 spiro atoms. The van der Waals surface area contributed by atoms with Crippen LogP contribution in [0.1, 0.15) is 12.2 Å². The highest BCUT2D eigenvalue weighted by Gasteiger charge is 2.35. The van der Waals surface area contributed by atoms with Crippen LogP contribution >= 0.6 is 15.9 Å². The summed E-state index contributed by atoms with van der Waals surface area (Å²) in [5.74, 6) is -0.976. The lowest BCUT2D eigenvalue weighted by atomic mass is 10.1. The number of rotatable bonds is 9. The molecule has 0 unspecified atom stereocenters. The number of anilines is 2. The van der Waals surface area contributed by atoms with Gasteiger partial charge in [-0.15, -0.1) is 0 Å². The molecule has 1 aromatic heterocycles. The fraction of sp³-hybridized carbons (Fsp3) is 0.208. The molecule has 0 bridgehead atoms. The van der Waals surface area contributed by atoms with E-state index in [-0.39, 0.29) is 43.8 Å². The molecule has 0 aliphatic carbocycles. The predicted octanol–water partition coefficient (Wildman–Crippen LogP) is 3.37. The van der Waals surface area contributed by atoms with E-state index in [2.05, 4.69) is 32.1 Å². The highest BCUT2D eigenvalue weighted by molar-refractivity contribution is 9.10. The first-order chi connectivity index (χ1) is 16.9. The Kier molecular flexibility index (Phi) is 7.66. The topological polar surface area (TPSA) is 113 Å². The van der Waals surface area contributed by atoms with Crippen LogP contribution in [0.5, 0.6) is 5.75 Å². The average Bonchev–Trinajstić information content (AvgIpc) is 3.51. The van der Waals surface area contributed by atoms with Gasteiger partial charge in [-0.25, -0.2) is 4.39 Å². The van der Waals surface area contributed by atoms with E-state index in [1.165, 1.54) is 35.4 Å². The molecule has 1 atom stereocenters. The third-order valence-electron chi connectivity index (χ3n) is 5.29. The van der Waals surface area contributed by atoms with Crippen LogP contribution in [-0.4, -0.2) is 30.9 Å². The van der Waals surface area contributed by atoms with Gasteiger partial charge in [0.2, 0.25) is 11.8 Å². The highest BCUT2D eigenvalue weighted by atomic mass is 79.9. The standard InChI is InChI=1S/C24H22BrFN4O5/c25-16-3-8-21(35-14-22(31)27-12-19-2-1-9-34-19)20(11-16)28-29-24(33)15-10-23(32)30(13-15)18-6-4-17(26)5-7-18/h1-9,11,15,28H,10,12-14H2,(H,27,31)(H,29,33)/t15-/m1/s1. The van der Waals surface area contributed by atoms with Crippen LogP contribution in [0.2, 0.25) is 0 Å². The molecule has 11 heteroatoms. The quantitative estimate of drug-likeness (QED) is 0.356. The minimum absolute atomic E-state index is 0.0303. The van der Waals surface area contributed by atoms with Crippen LogP contribution in [0, 0.1) is 11.7 Å².